The van der Waals surface area contributed by atoms with Crippen LogP contribution in [0.15, 0.2) is 0 Å². The summed E-state index contributed by atoms with van der Waals surface area (Å²) in [6, 6.07) is -0.665. The number of alkyl halides is 3. The van der Waals surface area contributed by atoms with Crippen LogP contribution >= 0.6 is 11.8 Å². The number of carbonyl (C=O) groups is 2. The number of hydrogen-bond donors (Lipinski definition) is 2. The molecule has 106 valence electrons. The van der Waals surface area contributed by atoms with Gasteiger partial charge in [0.2, 0.25) is 0 Å². The number of carbonyl (C=O) groups excluding carboxylic acids is 1. The largest absolute Gasteiger partial charge is 0.480 e. The summed E-state index contributed by atoms with van der Waals surface area (Å²) in [5.74, 6) is -1.47. The molecule has 2 N–H and O–H groups in total. The lowest BCUT2D eigenvalue weighted by Crippen LogP contribution is -2.43. The summed E-state index contributed by atoms with van der Waals surface area (Å²) in [6.07, 6.45) is 0.567. The molecule has 0 aliphatic carbocycles. The van der Waals surface area contributed by atoms with Crippen LogP contribution in [-0.2, 0) is 4.79 Å². The first-order valence-corrected chi connectivity index (χ1v) is 6.20. The van der Waals surface area contributed by atoms with Crippen LogP contribution in [-0.4, -0.2) is 52.9 Å². The molecule has 9 heteroatoms. The molecular weight excluding hydrogens is 273 g/mol. The standard InChI is InChI=1S/C9H15F3N2O3S/c1-2-4-14(6-7(15)16)8(17)13-3-5-18-9(10,11)12/h2-6H2,1H3,(H,13,17)(H,15,16). The number of rotatable bonds is 7. The van der Waals surface area contributed by atoms with E-state index in [4.69, 9.17) is 5.11 Å². The van der Waals surface area contributed by atoms with Crippen LogP contribution in [0.4, 0.5) is 18.0 Å². The molecule has 0 atom stereocenters. The van der Waals surface area contributed by atoms with E-state index < -0.39 is 24.1 Å². The van der Waals surface area contributed by atoms with E-state index in [-0.39, 0.29) is 30.6 Å². The van der Waals surface area contributed by atoms with Gasteiger partial charge in [-0.1, -0.05) is 6.92 Å². The van der Waals surface area contributed by atoms with Crippen LogP contribution in [0, 0.1) is 0 Å². The van der Waals surface area contributed by atoms with Crippen molar-refractivity contribution >= 4 is 23.8 Å². The van der Waals surface area contributed by atoms with Crippen molar-refractivity contribution in [3.63, 3.8) is 0 Å². The zero-order valence-electron chi connectivity index (χ0n) is 9.79. The predicted octanol–water partition coefficient (Wildman–Crippen LogP) is 1.75. The maximum absolute atomic E-state index is 11.8. The fourth-order valence-corrected chi connectivity index (χ4v) is 1.56. The van der Waals surface area contributed by atoms with Crippen LogP contribution in [0.25, 0.3) is 0 Å². The number of nitrogens with zero attached hydrogens (tertiary/aromatic N) is 1. The van der Waals surface area contributed by atoms with Gasteiger partial charge in [-0.15, -0.1) is 0 Å². The van der Waals surface area contributed by atoms with Gasteiger partial charge in [-0.2, -0.15) is 13.2 Å². The van der Waals surface area contributed by atoms with Crippen molar-refractivity contribution in [3.8, 4) is 0 Å². The molecule has 0 aromatic rings. The van der Waals surface area contributed by atoms with Gasteiger partial charge >= 0.3 is 17.5 Å². The third-order valence-corrected chi connectivity index (χ3v) is 2.49. The highest BCUT2D eigenvalue weighted by molar-refractivity contribution is 8.00. The van der Waals surface area contributed by atoms with Gasteiger partial charge in [0.1, 0.15) is 6.54 Å². The molecule has 0 aromatic carbocycles. The average Bonchev–Trinajstić information content (AvgIpc) is 2.21. The molecule has 0 radical (unpaired) electrons. The van der Waals surface area contributed by atoms with Crippen molar-refractivity contribution in [1.82, 2.24) is 10.2 Å². The van der Waals surface area contributed by atoms with Crippen molar-refractivity contribution in [2.45, 2.75) is 18.9 Å². The normalized spacial score (nSPS) is 11.1. The average molecular weight is 288 g/mol. The number of hydrogen-bond acceptors (Lipinski definition) is 3. The van der Waals surface area contributed by atoms with E-state index in [2.05, 4.69) is 5.32 Å². The SMILES string of the molecule is CCCN(CC(=O)O)C(=O)NCCSC(F)(F)F. The van der Waals surface area contributed by atoms with Gasteiger partial charge in [0.05, 0.1) is 0 Å². The van der Waals surface area contributed by atoms with E-state index in [1.165, 1.54) is 0 Å². The zero-order chi connectivity index (χ0) is 14.2. The minimum atomic E-state index is -4.32. The van der Waals surface area contributed by atoms with Crippen LogP contribution in [0.1, 0.15) is 13.3 Å². The third-order valence-electron chi connectivity index (χ3n) is 1.75. The molecule has 0 aromatic heterocycles. The number of aliphatic carboxylic acids is 1. The minimum Gasteiger partial charge on any atom is -0.480 e. The summed E-state index contributed by atoms with van der Waals surface area (Å²) in [5.41, 5.74) is -4.32. The van der Waals surface area contributed by atoms with Gasteiger partial charge in [-0.25, -0.2) is 4.79 Å². The summed E-state index contributed by atoms with van der Waals surface area (Å²) in [5, 5.41) is 10.8. The molecule has 0 aliphatic heterocycles. The molecule has 0 rings (SSSR count). The summed E-state index contributed by atoms with van der Waals surface area (Å²) in [4.78, 5) is 23.0. The molecule has 2 amide bonds. The molecule has 0 saturated carbocycles. The van der Waals surface area contributed by atoms with Gasteiger partial charge in [0.15, 0.2) is 0 Å². The summed E-state index contributed by atoms with van der Waals surface area (Å²) in [7, 11) is 0. The Morgan fingerprint density at radius 3 is 2.44 bits per heavy atom. The number of nitrogens with one attached hydrogen (secondary N) is 1. The van der Waals surface area contributed by atoms with E-state index in [9.17, 15) is 22.8 Å². The van der Waals surface area contributed by atoms with E-state index >= 15 is 0 Å². The quantitative estimate of drug-likeness (QED) is 0.700. The topological polar surface area (TPSA) is 69.6 Å². The first-order valence-electron chi connectivity index (χ1n) is 5.21. The number of halogens is 3. The highest BCUT2D eigenvalue weighted by Gasteiger charge is 2.27. The second-order valence-electron chi connectivity index (χ2n) is 3.34. The molecule has 0 aliphatic rings. The highest BCUT2D eigenvalue weighted by atomic mass is 32.2. The molecule has 0 fully saturated rings. The maximum Gasteiger partial charge on any atom is 0.441 e. The Bertz CT molecular complexity index is 287. The summed E-state index contributed by atoms with van der Waals surface area (Å²) < 4.78 is 35.4. The lowest BCUT2D eigenvalue weighted by Gasteiger charge is -2.20. The Morgan fingerprint density at radius 1 is 1.39 bits per heavy atom. The molecule has 0 heterocycles. The van der Waals surface area contributed by atoms with Crippen molar-refractivity contribution in [2.75, 3.05) is 25.4 Å². The highest BCUT2D eigenvalue weighted by Crippen LogP contribution is 2.29. The monoisotopic (exact) mass is 288 g/mol. The molecule has 0 unspecified atom stereocenters. The predicted molar refractivity (Wildman–Crippen MR) is 61.4 cm³/mol. The third kappa shape index (κ3) is 8.97. The fourth-order valence-electron chi connectivity index (χ4n) is 1.12. The van der Waals surface area contributed by atoms with E-state index in [0.29, 0.717) is 6.42 Å². The Balaban J connectivity index is 3.99. The number of urea groups is 1. The molecule has 0 bridgehead atoms. The van der Waals surface area contributed by atoms with Crippen molar-refractivity contribution < 1.29 is 27.9 Å². The Kier molecular flexibility index (Phi) is 7.56. The lowest BCUT2D eigenvalue weighted by atomic mass is 10.4. The van der Waals surface area contributed by atoms with E-state index in [1.807, 2.05) is 0 Å². The Hall–Kier alpha value is -1.12. The van der Waals surface area contributed by atoms with Crippen molar-refractivity contribution in [2.24, 2.45) is 0 Å². The first-order chi connectivity index (χ1) is 8.26. The van der Waals surface area contributed by atoms with Gasteiger partial charge in [0.25, 0.3) is 0 Å². The van der Waals surface area contributed by atoms with Gasteiger partial charge in [0, 0.05) is 18.8 Å². The van der Waals surface area contributed by atoms with E-state index in [1.54, 1.807) is 6.92 Å². The van der Waals surface area contributed by atoms with Crippen LogP contribution in [0.2, 0.25) is 0 Å². The number of amides is 2. The van der Waals surface area contributed by atoms with Crippen molar-refractivity contribution in [1.29, 1.82) is 0 Å². The number of thioether (sulfide) groups is 1. The van der Waals surface area contributed by atoms with Crippen LogP contribution in [0.3, 0.4) is 0 Å². The van der Waals surface area contributed by atoms with Gasteiger partial charge < -0.3 is 15.3 Å². The molecule has 18 heavy (non-hydrogen) atoms. The van der Waals surface area contributed by atoms with Crippen molar-refractivity contribution in [3.05, 3.63) is 0 Å². The first kappa shape index (κ1) is 16.9. The van der Waals surface area contributed by atoms with Crippen LogP contribution < -0.4 is 5.32 Å². The molecular formula is C9H15F3N2O3S. The summed E-state index contributed by atoms with van der Waals surface area (Å²) >= 11 is -0.235. The van der Waals surface area contributed by atoms with Crippen LogP contribution in [0.5, 0.6) is 0 Å². The lowest BCUT2D eigenvalue weighted by molar-refractivity contribution is -0.137. The summed E-state index contributed by atoms with van der Waals surface area (Å²) in [6.45, 7) is 1.38. The molecule has 5 nitrogen and oxygen atoms in total. The van der Waals surface area contributed by atoms with E-state index in [0.717, 1.165) is 4.90 Å². The Morgan fingerprint density at radius 2 is 2.00 bits per heavy atom. The Labute approximate surface area is 107 Å². The smallest absolute Gasteiger partial charge is 0.441 e. The maximum atomic E-state index is 11.8. The molecule has 0 saturated heterocycles. The van der Waals surface area contributed by atoms with Gasteiger partial charge in [-0.05, 0) is 18.2 Å². The zero-order valence-corrected chi connectivity index (χ0v) is 10.6. The van der Waals surface area contributed by atoms with Gasteiger partial charge in [-0.3, -0.25) is 4.79 Å². The minimum absolute atomic E-state index is 0.164. The second kappa shape index (κ2) is 8.06. The number of carboxylic acid groups (broad SMARTS) is 1. The fraction of sp³-hybridized carbons (Fsp3) is 0.778. The second-order valence-corrected chi connectivity index (χ2v) is 4.50. The molecule has 0 spiro atoms. The number of carboxylic acids is 1.